The van der Waals surface area contributed by atoms with E-state index in [0.29, 0.717) is 5.75 Å². The van der Waals surface area contributed by atoms with Crippen molar-refractivity contribution in [3.63, 3.8) is 0 Å². The summed E-state index contributed by atoms with van der Waals surface area (Å²) >= 11 is 0. The van der Waals surface area contributed by atoms with Crippen molar-refractivity contribution in [1.29, 1.82) is 0 Å². The minimum Gasteiger partial charge on any atom is -0.507 e. The Morgan fingerprint density at radius 3 is 1.42 bits per heavy atom. The number of aryl methyl sites for hydroxylation is 1. The molecule has 122 valence electrons. The second-order valence-corrected chi connectivity index (χ2v) is 6.56. The third-order valence-corrected chi connectivity index (χ3v) is 4.85. The molecule has 2 atom stereocenters. The van der Waals surface area contributed by atoms with E-state index in [1.165, 1.54) is 16.7 Å². The molecule has 0 saturated carbocycles. The maximum atomic E-state index is 11.0. The van der Waals surface area contributed by atoms with Crippen LogP contribution < -0.4 is 0 Å². The minimum absolute atomic E-state index is 0.160. The third-order valence-electron chi connectivity index (χ3n) is 4.85. The molecule has 0 amide bonds. The zero-order chi connectivity index (χ0) is 17.1. The zero-order valence-electron chi connectivity index (χ0n) is 14.5. The summed E-state index contributed by atoms with van der Waals surface area (Å²) in [5, 5.41) is 11.0. The topological polar surface area (TPSA) is 20.2 Å². The van der Waals surface area contributed by atoms with Gasteiger partial charge in [0.1, 0.15) is 5.75 Å². The van der Waals surface area contributed by atoms with Gasteiger partial charge in [-0.05, 0) is 18.1 Å². The van der Waals surface area contributed by atoms with Crippen LogP contribution in [0.3, 0.4) is 0 Å². The molecule has 0 heterocycles. The van der Waals surface area contributed by atoms with Gasteiger partial charge in [0.05, 0.1) is 0 Å². The van der Waals surface area contributed by atoms with Gasteiger partial charge in [-0.1, -0.05) is 92.2 Å². The molecule has 0 fully saturated rings. The minimum atomic E-state index is 0.160. The number of hydrogen-bond acceptors (Lipinski definition) is 1. The molecule has 3 rings (SSSR count). The summed E-state index contributed by atoms with van der Waals surface area (Å²) in [5.74, 6) is 0.744. The number of benzene rings is 3. The molecule has 0 aliphatic rings. The van der Waals surface area contributed by atoms with E-state index in [-0.39, 0.29) is 11.8 Å². The predicted octanol–water partition coefficient (Wildman–Crippen LogP) is 6.00. The molecule has 0 aliphatic heterocycles. The van der Waals surface area contributed by atoms with Crippen LogP contribution in [-0.2, 0) is 0 Å². The van der Waals surface area contributed by atoms with Crippen molar-refractivity contribution in [3.8, 4) is 5.75 Å². The molecule has 0 bridgehead atoms. The maximum Gasteiger partial charge on any atom is 0.123 e. The van der Waals surface area contributed by atoms with Gasteiger partial charge in [0.2, 0.25) is 0 Å². The Labute approximate surface area is 144 Å². The number of rotatable bonds is 4. The number of phenols is 1. The smallest absolute Gasteiger partial charge is 0.123 e. The Kier molecular flexibility index (Phi) is 4.71. The first-order valence-electron chi connectivity index (χ1n) is 8.51. The molecule has 24 heavy (non-hydrogen) atoms. The van der Waals surface area contributed by atoms with Crippen molar-refractivity contribution in [2.24, 2.45) is 0 Å². The number of aromatic hydroxyl groups is 1. The van der Waals surface area contributed by atoms with E-state index in [2.05, 4.69) is 57.2 Å². The molecular formula is C23H24O. The summed E-state index contributed by atoms with van der Waals surface area (Å²) in [5.41, 5.74) is 5.62. The fourth-order valence-electron chi connectivity index (χ4n) is 3.34. The van der Waals surface area contributed by atoms with Crippen LogP contribution in [0.2, 0.25) is 0 Å². The predicted molar refractivity (Wildman–Crippen MR) is 101 cm³/mol. The average molecular weight is 316 g/mol. The van der Waals surface area contributed by atoms with Crippen LogP contribution in [-0.4, -0.2) is 5.11 Å². The fraction of sp³-hybridized carbons (Fsp3) is 0.217. The van der Waals surface area contributed by atoms with E-state index in [0.717, 1.165) is 11.1 Å². The van der Waals surface area contributed by atoms with Crippen molar-refractivity contribution in [2.75, 3.05) is 0 Å². The Morgan fingerprint density at radius 1 is 0.667 bits per heavy atom. The lowest BCUT2D eigenvalue weighted by molar-refractivity contribution is 0.456. The van der Waals surface area contributed by atoms with E-state index in [4.69, 9.17) is 0 Å². The average Bonchev–Trinajstić information content (AvgIpc) is 2.63. The van der Waals surface area contributed by atoms with Crippen LogP contribution in [0, 0.1) is 6.92 Å². The fourth-order valence-corrected chi connectivity index (χ4v) is 3.34. The van der Waals surface area contributed by atoms with Crippen LogP contribution in [0.4, 0.5) is 0 Å². The molecule has 1 N–H and O–H groups in total. The molecular weight excluding hydrogens is 292 g/mol. The first kappa shape index (κ1) is 16.3. The summed E-state index contributed by atoms with van der Waals surface area (Å²) < 4.78 is 0. The van der Waals surface area contributed by atoms with Gasteiger partial charge in [-0.15, -0.1) is 0 Å². The van der Waals surface area contributed by atoms with Gasteiger partial charge in [0, 0.05) is 23.0 Å². The van der Waals surface area contributed by atoms with Gasteiger partial charge in [-0.2, -0.15) is 0 Å². The van der Waals surface area contributed by atoms with Crippen LogP contribution >= 0.6 is 0 Å². The lowest BCUT2D eigenvalue weighted by Crippen LogP contribution is -2.03. The van der Waals surface area contributed by atoms with Gasteiger partial charge >= 0.3 is 0 Å². The molecule has 3 aromatic rings. The second kappa shape index (κ2) is 6.92. The number of phenolic OH excluding ortho intramolecular Hbond substituents is 1. The molecule has 0 unspecified atom stereocenters. The van der Waals surface area contributed by atoms with Gasteiger partial charge in [-0.3, -0.25) is 0 Å². The normalized spacial score (nSPS) is 13.5. The highest BCUT2D eigenvalue weighted by atomic mass is 16.3. The quantitative estimate of drug-likeness (QED) is 0.625. The maximum absolute atomic E-state index is 11.0. The molecule has 1 heteroatoms. The van der Waals surface area contributed by atoms with E-state index >= 15 is 0 Å². The van der Waals surface area contributed by atoms with Crippen molar-refractivity contribution in [1.82, 2.24) is 0 Å². The van der Waals surface area contributed by atoms with Gasteiger partial charge in [-0.25, -0.2) is 0 Å². The molecule has 0 aliphatic carbocycles. The summed E-state index contributed by atoms with van der Waals surface area (Å²) in [4.78, 5) is 0. The van der Waals surface area contributed by atoms with E-state index in [1.807, 2.05) is 36.4 Å². The summed E-state index contributed by atoms with van der Waals surface area (Å²) in [6.45, 7) is 6.41. The largest absolute Gasteiger partial charge is 0.507 e. The molecule has 0 aromatic heterocycles. The molecule has 1 nitrogen and oxygen atoms in total. The Hall–Kier alpha value is -2.54. The van der Waals surface area contributed by atoms with Gasteiger partial charge < -0.3 is 5.11 Å². The van der Waals surface area contributed by atoms with Crippen LogP contribution in [0.1, 0.15) is 53.5 Å². The zero-order valence-corrected chi connectivity index (χ0v) is 14.5. The SMILES string of the molecule is Cc1cc([C@H](C)c2ccccc2)c(O)c([C@@H](C)c2ccccc2)c1. The van der Waals surface area contributed by atoms with Crippen molar-refractivity contribution >= 4 is 0 Å². The highest BCUT2D eigenvalue weighted by Gasteiger charge is 2.20. The van der Waals surface area contributed by atoms with Gasteiger partial charge in [0.25, 0.3) is 0 Å². The molecule has 0 saturated heterocycles. The standard InChI is InChI=1S/C23H24O/c1-16-14-21(17(2)19-10-6-4-7-11-19)23(24)22(15-16)18(3)20-12-8-5-9-13-20/h4-15,17-18,24H,1-3H3/t17-,18+. The van der Waals surface area contributed by atoms with Crippen molar-refractivity contribution in [3.05, 3.63) is 101 Å². The lowest BCUT2D eigenvalue weighted by Gasteiger charge is -2.21. The first-order chi connectivity index (χ1) is 11.6. The summed E-state index contributed by atoms with van der Waals surface area (Å²) in [7, 11) is 0. The lowest BCUT2D eigenvalue weighted by atomic mass is 9.85. The Bertz CT molecular complexity index is 739. The molecule has 0 spiro atoms. The Balaban J connectivity index is 2.05. The highest BCUT2D eigenvalue weighted by Crippen LogP contribution is 2.39. The van der Waals surface area contributed by atoms with Crippen LogP contribution in [0.5, 0.6) is 5.75 Å². The van der Waals surface area contributed by atoms with E-state index < -0.39 is 0 Å². The van der Waals surface area contributed by atoms with Crippen LogP contribution in [0.25, 0.3) is 0 Å². The number of hydrogen-bond donors (Lipinski definition) is 1. The van der Waals surface area contributed by atoms with Crippen molar-refractivity contribution in [2.45, 2.75) is 32.6 Å². The second-order valence-electron chi connectivity index (χ2n) is 6.56. The van der Waals surface area contributed by atoms with E-state index in [1.54, 1.807) is 0 Å². The first-order valence-corrected chi connectivity index (χ1v) is 8.51. The summed E-state index contributed by atoms with van der Waals surface area (Å²) in [6, 6.07) is 24.9. The molecule has 0 radical (unpaired) electrons. The van der Waals surface area contributed by atoms with Gasteiger partial charge in [0.15, 0.2) is 0 Å². The van der Waals surface area contributed by atoms with Crippen LogP contribution in [0.15, 0.2) is 72.8 Å². The summed E-state index contributed by atoms with van der Waals surface area (Å²) in [6.07, 6.45) is 0. The third kappa shape index (κ3) is 3.21. The van der Waals surface area contributed by atoms with Crippen molar-refractivity contribution < 1.29 is 5.11 Å². The highest BCUT2D eigenvalue weighted by molar-refractivity contribution is 5.51. The molecule has 3 aromatic carbocycles. The Morgan fingerprint density at radius 2 is 1.04 bits per heavy atom. The van der Waals surface area contributed by atoms with E-state index in [9.17, 15) is 5.11 Å². The monoisotopic (exact) mass is 316 g/mol.